The van der Waals surface area contributed by atoms with Crippen LogP contribution >= 0.6 is 0 Å². The van der Waals surface area contributed by atoms with Gasteiger partial charge in [-0.2, -0.15) is 5.10 Å². The maximum absolute atomic E-state index is 11.3. The second-order valence-electron chi connectivity index (χ2n) is 4.16. The van der Waals surface area contributed by atoms with Crippen LogP contribution in [0.3, 0.4) is 0 Å². The smallest absolute Gasteiger partial charge is 0.339 e. The summed E-state index contributed by atoms with van der Waals surface area (Å²) in [4.78, 5) is 15.4. The van der Waals surface area contributed by atoms with Crippen molar-refractivity contribution >= 4 is 11.5 Å². The summed E-state index contributed by atoms with van der Waals surface area (Å²) in [6.07, 6.45) is 4.80. The molecule has 0 amide bonds. The number of carboxylic acid groups (broad SMARTS) is 1. The van der Waals surface area contributed by atoms with E-state index in [1.54, 1.807) is 29.0 Å². The third kappa shape index (κ3) is 2.36. The SMILES string of the molecule is COc1ccc(C(=O)O)c(Oc2nccn3nccc23)c1. The fourth-order valence-electron chi connectivity index (χ4n) is 1.91. The molecule has 0 atom stereocenters. The number of nitrogens with zero attached hydrogens (tertiary/aromatic N) is 3. The molecular formula is C14H11N3O4. The Hall–Kier alpha value is -3.09. The number of carboxylic acids is 1. The van der Waals surface area contributed by atoms with Gasteiger partial charge in [-0.25, -0.2) is 14.3 Å². The molecule has 0 saturated carbocycles. The highest BCUT2D eigenvalue weighted by Gasteiger charge is 2.15. The molecule has 0 unspecified atom stereocenters. The maximum Gasteiger partial charge on any atom is 0.339 e. The molecule has 106 valence electrons. The number of fused-ring (bicyclic) bond motifs is 1. The Morgan fingerprint density at radius 1 is 1.29 bits per heavy atom. The van der Waals surface area contributed by atoms with Gasteiger partial charge in [0.05, 0.1) is 13.3 Å². The first-order valence-electron chi connectivity index (χ1n) is 6.06. The monoisotopic (exact) mass is 285 g/mol. The molecule has 0 spiro atoms. The van der Waals surface area contributed by atoms with Crippen LogP contribution in [0.5, 0.6) is 17.4 Å². The number of ether oxygens (including phenoxy) is 2. The Bertz CT molecular complexity index is 813. The zero-order chi connectivity index (χ0) is 14.8. The summed E-state index contributed by atoms with van der Waals surface area (Å²) in [5, 5.41) is 13.3. The van der Waals surface area contributed by atoms with Gasteiger partial charge in [0.2, 0.25) is 5.88 Å². The van der Waals surface area contributed by atoms with Crippen molar-refractivity contribution in [1.82, 2.24) is 14.6 Å². The molecule has 2 aromatic heterocycles. The topological polar surface area (TPSA) is 86.0 Å². The largest absolute Gasteiger partial charge is 0.497 e. The van der Waals surface area contributed by atoms with Gasteiger partial charge in [-0.15, -0.1) is 0 Å². The molecule has 1 aromatic carbocycles. The Kier molecular flexibility index (Phi) is 3.15. The lowest BCUT2D eigenvalue weighted by Crippen LogP contribution is -2.02. The molecule has 0 saturated heterocycles. The first-order valence-corrected chi connectivity index (χ1v) is 6.06. The molecule has 0 aliphatic heterocycles. The van der Waals surface area contributed by atoms with Crippen LogP contribution in [-0.2, 0) is 0 Å². The van der Waals surface area contributed by atoms with E-state index in [0.29, 0.717) is 11.3 Å². The quantitative estimate of drug-likeness (QED) is 0.791. The molecular weight excluding hydrogens is 274 g/mol. The first kappa shape index (κ1) is 12.9. The van der Waals surface area contributed by atoms with Gasteiger partial charge in [-0.05, 0) is 18.2 Å². The lowest BCUT2D eigenvalue weighted by Gasteiger charge is -2.10. The standard InChI is InChI=1S/C14H11N3O4/c1-20-9-2-3-10(14(18)19)12(8-9)21-13-11-4-5-16-17(11)7-6-15-13/h2-8H,1H3,(H,18,19). The van der Waals surface area contributed by atoms with Crippen molar-refractivity contribution in [3.8, 4) is 17.4 Å². The van der Waals surface area contributed by atoms with Gasteiger partial charge < -0.3 is 14.6 Å². The normalized spacial score (nSPS) is 10.5. The fraction of sp³-hybridized carbons (Fsp3) is 0.0714. The van der Waals surface area contributed by atoms with Crippen LogP contribution in [0.2, 0.25) is 0 Å². The van der Waals surface area contributed by atoms with E-state index in [1.807, 2.05) is 0 Å². The van der Waals surface area contributed by atoms with Crippen LogP contribution in [0.4, 0.5) is 0 Å². The van der Waals surface area contributed by atoms with E-state index in [1.165, 1.54) is 25.4 Å². The highest BCUT2D eigenvalue weighted by Crippen LogP contribution is 2.30. The van der Waals surface area contributed by atoms with Crippen LogP contribution in [0, 0.1) is 0 Å². The van der Waals surface area contributed by atoms with E-state index in [-0.39, 0.29) is 17.2 Å². The summed E-state index contributed by atoms with van der Waals surface area (Å²) >= 11 is 0. The number of methoxy groups -OCH3 is 1. The molecule has 0 aliphatic carbocycles. The number of hydrogen-bond acceptors (Lipinski definition) is 5. The van der Waals surface area contributed by atoms with Crippen molar-refractivity contribution in [3.63, 3.8) is 0 Å². The van der Waals surface area contributed by atoms with E-state index in [2.05, 4.69) is 10.1 Å². The van der Waals surface area contributed by atoms with E-state index in [9.17, 15) is 9.90 Å². The third-order valence-corrected chi connectivity index (χ3v) is 2.91. The Labute approximate surface area is 119 Å². The Morgan fingerprint density at radius 3 is 2.90 bits per heavy atom. The highest BCUT2D eigenvalue weighted by atomic mass is 16.5. The number of benzene rings is 1. The molecule has 0 aliphatic rings. The molecule has 0 bridgehead atoms. The number of aromatic nitrogens is 3. The van der Waals surface area contributed by atoms with Crippen molar-refractivity contribution in [2.75, 3.05) is 7.11 Å². The summed E-state index contributed by atoms with van der Waals surface area (Å²) in [5.41, 5.74) is 0.663. The molecule has 7 nitrogen and oxygen atoms in total. The predicted molar refractivity (Wildman–Crippen MR) is 73.0 cm³/mol. The minimum atomic E-state index is -1.09. The minimum absolute atomic E-state index is 0.0270. The number of rotatable bonds is 4. The van der Waals surface area contributed by atoms with Crippen molar-refractivity contribution < 1.29 is 19.4 Å². The first-order chi connectivity index (χ1) is 10.2. The molecule has 2 heterocycles. The second kappa shape index (κ2) is 5.12. The lowest BCUT2D eigenvalue weighted by atomic mass is 10.2. The maximum atomic E-state index is 11.3. The zero-order valence-electron chi connectivity index (χ0n) is 11.1. The van der Waals surface area contributed by atoms with Gasteiger partial charge in [-0.3, -0.25) is 0 Å². The van der Waals surface area contributed by atoms with E-state index < -0.39 is 5.97 Å². The van der Waals surface area contributed by atoms with Crippen molar-refractivity contribution in [1.29, 1.82) is 0 Å². The lowest BCUT2D eigenvalue weighted by molar-refractivity contribution is 0.0694. The number of carbonyl (C=O) groups is 1. The predicted octanol–water partition coefficient (Wildman–Crippen LogP) is 2.23. The third-order valence-electron chi connectivity index (χ3n) is 2.91. The molecule has 0 fully saturated rings. The van der Waals surface area contributed by atoms with Crippen molar-refractivity contribution in [2.45, 2.75) is 0 Å². The van der Waals surface area contributed by atoms with E-state index in [0.717, 1.165) is 0 Å². The second-order valence-corrected chi connectivity index (χ2v) is 4.16. The fourth-order valence-corrected chi connectivity index (χ4v) is 1.91. The van der Waals surface area contributed by atoms with E-state index >= 15 is 0 Å². The van der Waals surface area contributed by atoms with Gasteiger partial charge in [-0.1, -0.05) is 0 Å². The minimum Gasteiger partial charge on any atom is -0.497 e. The van der Waals surface area contributed by atoms with E-state index in [4.69, 9.17) is 9.47 Å². The molecule has 1 N–H and O–H groups in total. The van der Waals surface area contributed by atoms with Crippen LogP contribution in [0.15, 0.2) is 42.9 Å². The zero-order valence-corrected chi connectivity index (χ0v) is 11.1. The summed E-state index contributed by atoms with van der Waals surface area (Å²) < 4.78 is 12.3. The Morgan fingerprint density at radius 2 is 2.14 bits per heavy atom. The number of hydrogen-bond donors (Lipinski definition) is 1. The molecule has 0 radical (unpaired) electrons. The van der Waals surface area contributed by atoms with Crippen LogP contribution in [0.1, 0.15) is 10.4 Å². The molecule has 3 rings (SSSR count). The summed E-state index contributed by atoms with van der Waals surface area (Å²) in [6.45, 7) is 0. The van der Waals surface area contributed by atoms with Gasteiger partial charge in [0.25, 0.3) is 0 Å². The molecule has 3 aromatic rings. The van der Waals surface area contributed by atoms with Gasteiger partial charge in [0.15, 0.2) is 0 Å². The average Bonchev–Trinajstić information content (AvgIpc) is 2.96. The van der Waals surface area contributed by atoms with Crippen LogP contribution in [0.25, 0.3) is 5.52 Å². The van der Waals surface area contributed by atoms with Crippen molar-refractivity contribution in [2.24, 2.45) is 0 Å². The summed E-state index contributed by atoms with van der Waals surface area (Å²) in [7, 11) is 1.50. The van der Waals surface area contributed by atoms with Gasteiger partial charge in [0, 0.05) is 18.5 Å². The van der Waals surface area contributed by atoms with Crippen LogP contribution in [-0.4, -0.2) is 32.8 Å². The Balaban J connectivity index is 2.08. The van der Waals surface area contributed by atoms with Gasteiger partial charge >= 0.3 is 5.97 Å². The highest BCUT2D eigenvalue weighted by molar-refractivity contribution is 5.91. The van der Waals surface area contributed by atoms with Crippen LogP contribution < -0.4 is 9.47 Å². The van der Waals surface area contributed by atoms with Crippen molar-refractivity contribution in [3.05, 3.63) is 48.4 Å². The number of aromatic carboxylic acids is 1. The average molecular weight is 285 g/mol. The van der Waals surface area contributed by atoms with Gasteiger partial charge in [0.1, 0.15) is 22.6 Å². The molecule has 7 heteroatoms. The molecule has 21 heavy (non-hydrogen) atoms. The summed E-state index contributed by atoms with van der Waals surface area (Å²) in [5.74, 6) is -0.169. The summed E-state index contributed by atoms with van der Waals surface area (Å²) in [6, 6.07) is 6.21.